The number of ether oxygens (including phenoxy) is 3. The highest BCUT2D eigenvalue weighted by Gasteiger charge is 2.44. The summed E-state index contributed by atoms with van der Waals surface area (Å²) < 4.78 is 15.0. The second kappa shape index (κ2) is 6.79. The van der Waals surface area contributed by atoms with E-state index >= 15 is 0 Å². The maximum Gasteiger partial charge on any atom is 0.186 e. The Labute approximate surface area is 119 Å². The summed E-state index contributed by atoms with van der Waals surface area (Å²) in [5.41, 5.74) is 0. The van der Waals surface area contributed by atoms with Gasteiger partial charge in [-0.05, 0) is 0 Å². The van der Waals surface area contributed by atoms with Gasteiger partial charge in [0.1, 0.15) is 42.7 Å². The van der Waals surface area contributed by atoms with E-state index in [1.165, 1.54) is 0 Å². The average Bonchev–Trinajstić information content (AvgIpc) is 2.46. The lowest BCUT2D eigenvalue weighted by atomic mass is 9.99. The molecule has 2 rings (SSSR count). The van der Waals surface area contributed by atoms with Crippen LogP contribution in [0.25, 0.3) is 0 Å². The zero-order chi connectivity index (χ0) is 15.7. The molecule has 10 heteroatoms. The van der Waals surface area contributed by atoms with Gasteiger partial charge in [-0.2, -0.15) is 0 Å². The smallest absolute Gasteiger partial charge is 0.186 e. The van der Waals surface area contributed by atoms with E-state index in [2.05, 4.69) is 0 Å². The first-order valence-electron chi connectivity index (χ1n) is 6.48. The molecule has 2 aliphatic heterocycles. The standard InChI is InChI=1S/C11H20O10/c12-3-1-19-11(9(17)5(3)13)20-2-4-6(14)7(15)8(16)10(18)21-4/h3-18H,1-2H2/t3-,4-,5-,6-,7+,8-,9+,10+,11+/m1/s1. The number of aliphatic hydroxyl groups excluding tert-OH is 7. The average molecular weight is 312 g/mol. The maximum absolute atomic E-state index is 9.70. The van der Waals surface area contributed by atoms with Crippen LogP contribution >= 0.6 is 0 Å². The van der Waals surface area contributed by atoms with Crippen molar-refractivity contribution in [3.8, 4) is 0 Å². The minimum absolute atomic E-state index is 0.249. The third kappa shape index (κ3) is 3.51. The fourth-order valence-electron chi connectivity index (χ4n) is 2.18. The molecule has 0 aromatic carbocycles. The van der Waals surface area contributed by atoms with Crippen LogP contribution in [0.4, 0.5) is 0 Å². The number of rotatable bonds is 3. The first-order chi connectivity index (χ1) is 9.82. The Morgan fingerprint density at radius 2 is 1.48 bits per heavy atom. The predicted molar refractivity (Wildman–Crippen MR) is 62.6 cm³/mol. The van der Waals surface area contributed by atoms with E-state index in [-0.39, 0.29) is 13.2 Å². The van der Waals surface area contributed by atoms with Gasteiger partial charge in [-0.1, -0.05) is 0 Å². The van der Waals surface area contributed by atoms with Gasteiger partial charge in [-0.15, -0.1) is 0 Å². The molecule has 0 amide bonds. The second-order valence-electron chi connectivity index (χ2n) is 5.12. The van der Waals surface area contributed by atoms with E-state index < -0.39 is 55.3 Å². The van der Waals surface area contributed by atoms with E-state index in [1.54, 1.807) is 0 Å². The van der Waals surface area contributed by atoms with E-state index in [9.17, 15) is 35.7 Å². The predicted octanol–water partition coefficient (Wildman–Crippen LogP) is -4.76. The Hall–Kier alpha value is -0.400. The first-order valence-corrected chi connectivity index (χ1v) is 6.48. The molecule has 0 aromatic heterocycles. The normalized spacial score (nSPS) is 51.9. The van der Waals surface area contributed by atoms with Gasteiger partial charge in [0.2, 0.25) is 0 Å². The molecule has 0 aromatic rings. The minimum Gasteiger partial charge on any atom is -0.388 e. The Morgan fingerprint density at radius 1 is 0.810 bits per heavy atom. The van der Waals surface area contributed by atoms with Gasteiger partial charge in [0.15, 0.2) is 12.6 Å². The quantitative estimate of drug-likeness (QED) is 0.268. The van der Waals surface area contributed by atoms with Crippen molar-refractivity contribution in [1.82, 2.24) is 0 Å². The summed E-state index contributed by atoms with van der Waals surface area (Å²) in [6.45, 7) is -0.631. The Morgan fingerprint density at radius 3 is 2.14 bits per heavy atom. The molecule has 0 saturated carbocycles. The molecule has 2 saturated heterocycles. The summed E-state index contributed by atoms with van der Waals surface area (Å²) in [5.74, 6) is 0. The molecule has 2 heterocycles. The molecule has 0 bridgehead atoms. The molecule has 7 N–H and O–H groups in total. The zero-order valence-corrected chi connectivity index (χ0v) is 11.0. The topological polar surface area (TPSA) is 169 Å². The second-order valence-corrected chi connectivity index (χ2v) is 5.12. The Balaban J connectivity index is 1.88. The lowest BCUT2D eigenvalue weighted by molar-refractivity contribution is -0.312. The van der Waals surface area contributed by atoms with Crippen molar-refractivity contribution in [2.75, 3.05) is 13.2 Å². The molecule has 0 unspecified atom stereocenters. The van der Waals surface area contributed by atoms with Crippen LogP contribution in [0, 0.1) is 0 Å². The lowest BCUT2D eigenvalue weighted by Crippen LogP contribution is -2.59. The van der Waals surface area contributed by atoms with Gasteiger partial charge in [0.25, 0.3) is 0 Å². The molecule has 21 heavy (non-hydrogen) atoms. The Bertz CT molecular complexity index is 341. The number of aliphatic hydroxyl groups is 7. The zero-order valence-electron chi connectivity index (χ0n) is 11.0. The molecular weight excluding hydrogens is 292 g/mol. The van der Waals surface area contributed by atoms with Crippen molar-refractivity contribution in [3.63, 3.8) is 0 Å². The van der Waals surface area contributed by atoms with Crippen LogP contribution < -0.4 is 0 Å². The van der Waals surface area contributed by atoms with Crippen molar-refractivity contribution in [2.45, 2.75) is 55.3 Å². The van der Waals surface area contributed by atoms with Gasteiger partial charge in [0.05, 0.1) is 13.2 Å². The van der Waals surface area contributed by atoms with Crippen LogP contribution in [-0.4, -0.2) is 104 Å². The lowest BCUT2D eigenvalue weighted by Gasteiger charge is -2.40. The molecule has 9 atom stereocenters. The van der Waals surface area contributed by atoms with E-state index in [1.807, 2.05) is 0 Å². The minimum atomic E-state index is -1.69. The summed E-state index contributed by atoms with van der Waals surface area (Å²) in [7, 11) is 0. The highest BCUT2D eigenvalue weighted by atomic mass is 16.7. The van der Waals surface area contributed by atoms with Crippen LogP contribution in [0.1, 0.15) is 0 Å². The van der Waals surface area contributed by atoms with Crippen molar-refractivity contribution >= 4 is 0 Å². The van der Waals surface area contributed by atoms with Crippen molar-refractivity contribution < 1.29 is 50.0 Å². The van der Waals surface area contributed by atoms with Crippen molar-refractivity contribution in [2.24, 2.45) is 0 Å². The van der Waals surface area contributed by atoms with E-state index in [0.29, 0.717) is 0 Å². The fraction of sp³-hybridized carbons (Fsp3) is 1.00. The summed E-state index contributed by atoms with van der Waals surface area (Å²) in [5, 5.41) is 66.2. The van der Waals surface area contributed by atoms with Crippen molar-refractivity contribution in [1.29, 1.82) is 0 Å². The fourth-order valence-corrected chi connectivity index (χ4v) is 2.18. The molecular formula is C11H20O10. The van der Waals surface area contributed by atoms with Gasteiger partial charge in [-0.25, -0.2) is 0 Å². The maximum atomic E-state index is 9.70. The largest absolute Gasteiger partial charge is 0.388 e. The molecule has 0 aliphatic carbocycles. The third-order valence-electron chi connectivity index (χ3n) is 3.57. The SMILES string of the molecule is O[C@@H]1[C@@H](O)[C@@H](O)O[C@H](CO[C@@H]2OC[C@@H](O)[C@@H](O)[C@@H]2O)[C@H]1O. The molecule has 0 spiro atoms. The molecule has 124 valence electrons. The highest BCUT2D eigenvalue weighted by Crippen LogP contribution is 2.22. The highest BCUT2D eigenvalue weighted by molar-refractivity contribution is 4.89. The monoisotopic (exact) mass is 312 g/mol. The first kappa shape index (κ1) is 17.0. The summed E-state index contributed by atoms with van der Waals surface area (Å²) in [6, 6.07) is 0. The van der Waals surface area contributed by atoms with Crippen LogP contribution in [0.3, 0.4) is 0 Å². The van der Waals surface area contributed by atoms with Crippen LogP contribution in [0.2, 0.25) is 0 Å². The summed E-state index contributed by atoms with van der Waals surface area (Å²) in [6.07, 6.45) is -13.1. The molecule has 10 nitrogen and oxygen atoms in total. The van der Waals surface area contributed by atoms with Gasteiger partial charge in [0, 0.05) is 0 Å². The summed E-state index contributed by atoms with van der Waals surface area (Å²) >= 11 is 0. The van der Waals surface area contributed by atoms with Gasteiger partial charge in [-0.3, -0.25) is 0 Å². The molecule has 2 aliphatic rings. The third-order valence-corrected chi connectivity index (χ3v) is 3.57. The number of hydrogen-bond acceptors (Lipinski definition) is 10. The molecule has 2 fully saturated rings. The van der Waals surface area contributed by atoms with Crippen LogP contribution in [0.5, 0.6) is 0 Å². The van der Waals surface area contributed by atoms with Crippen molar-refractivity contribution in [3.05, 3.63) is 0 Å². The number of hydrogen-bond donors (Lipinski definition) is 7. The van der Waals surface area contributed by atoms with Gasteiger partial charge >= 0.3 is 0 Å². The van der Waals surface area contributed by atoms with Gasteiger partial charge < -0.3 is 50.0 Å². The van der Waals surface area contributed by atoms with Crippen LogP contribution in [-0.2, 0) is 14.2 Å². The molecule has 0 radical (unpaired) electrons. The van der Waals surface area contributed by atoms with E-state index in [0.717, 1.165) is 0 Å². The van der Waals surface area contributed by atoms with E-state index in [4.69, 9.17) is 14.2 Å². The Kier molecular flexibility index (Phi) is 5.48. The van der Waals surface area contributed by atoms with Crippen LogP contribution in [0.15, 0.2) is 0 Å². The summed E-state index contributed by atoms with van der Waals surface area (Å²) in [4.78, 5) is 0.